The maximum absolute atomic E-state index is 12.0. The maximum Gasteiger partial charge on any atom is 0.291 e. The van der Waals surface area contributed by atoms with Gasteiger partial charge in [0, 0.05) is 12.5 Å². The first kappa shape index (κ1) is 13.1. The lowest BCUT2D eigenvalue weighted by Gasteiger charge is -2.31. The number of amides is 1. The van der Waals surface area contributed by atoms with Crippen LogP contribution < -0.4 is 5.32 Å². The Morgan fingerprint density at radius 3 is 2.83 bits per heavy atom. The second-order valence-electron chi connectivity index (χ2n) is 4.99. The van der Waals surface area contributed by atoms with Crippen molar-refractivity contribution in [1.82, 2.24) is 20.5 Å². The first-order chi connectivity index (χ1) is 8.74. The van der Waals surface area contributed by atoms with Gasteiger partial charge in [0.1, 0.15) is 5.82 Å². The van der Waals surface area contributed by atoms with Crippen LogP contribution in [0, 0.1) is 5.92 Å². The van der Waals surface area contributed by atoms with Crippen LogP contribution in [0.1, 0.15) is 62.4 Å². The summed E-state index contributed by atoms with van der Waals surface area (Å²) in [5.41, 5.74) is 0. The van der Waals surface area contributed by atoms with Gasteiger partial charge in [-0.1, -0.05) is 33.1 Å². The number of carbonyl (C=O) groups excluding carboxylic acids is 1. The normalized spacial score (nSPS) is 23.9. The lowest BCUT2D eigenvalue weighted by molar-refractivity contribution is 0.0894. The molecule has 2 N–H and O–H groups in total. The Kier molecular flexibility index (Phi) is 4.33. The van der Waals surface area contributed by atoms with Gasteiger partial charge in [-0.2, -0.15) is 0 Å². The number of rotatable bonds is 4. The van der Waals surface area contributed by atoms with Crippen molar-refractivity contribution in [3.05, 3.63) is 11.6 Å². The van der Waals surface area contributed by atoms with Gasteiger partial charge in [-0.3, -0.25) is 9.89 Å². The highest BCUT2D eigenvalue weighted by atomic mass is 16.2. The summed E-state index contributed by atoms with van der Waals surface area (Å²) in [6.07, 6.45) is 6.67. The Hall–Kier alpha value is -1.39. The van der Waals surface area contributed by atoms with Crippen LogP contribution in [0.3, 0.4) is 0 Å². The van der Waals surface area contributed by atoms with E-state index in [1.807, 2.05) is 6.92 Å². The molecule has 1 aromatic heterocycles. The van der Waals surface area contributed by atoms with Crippen LogP contribution >= 0.6 is 0 Å². The molecule has 1 fully saturated rings. The molecule has 0 spiro atoms. The Labute approximate surface area is 108 Å². The van der Waals surface area contributed by atoms with Crippen molar-refractivity contribution in [3.63, 3.8) is 0 Å². The minimum Gasteiger partial charge on any atom is -0.346 e. The van der Waals surface area contributed by atoms with E-state index in [4.69, 9.17) is 0 Å². The van der Waals surface area contributed by atoms with E-state index in [0.29, 0.717) is 12.0 Å². The average molecular weight is 250 g/mol. The van der Waals surface area contributed by atoms with E-state index >= 15 is 0 Å². The molecule has 0 saturated heterocycles. The summed E-state index contributed by atoms with van der Waals surface area (Å²) < 4.78 is 0. The summed E-state index contributed by atoms with van der Waals surface area (Å²) in [6.45, 7) is 4.17. The van der Waals surface area contributed by atoms with Gasteiger partial charge < -0.3 is 5.32 Å². The van der Waals surface area contributed by atoms with Gasteiger partial charge in [0.05, 0.1) is 0 Å². The molecule has 1 aromatic rings. The molecule has 1 aliphatic carbocycles. The van der Waals surface area contributed by atoms with Crippen molar-refractivity contribution in [2.75, 3.05) is 0 Å². The van der Waals surface area contributed by atoms with Gasteiger partial charge >= 0.3 is 0 Å². The lowest BCUT2D eigenvalue weighted by atomic mass is 9.83. The van der Waals surface area contributed by atoms with E-state index in [0.717, 1.165) is 25.1 Å². The molecule has 5 nitrogen and oxygen atoms in total. The summed E-state index contributed by atoms with van der Waals surface area (Å²) in [5, 5.41) is 9.82. The van der Waals surface area contributed by atoms with Crippen LogP contribution in [0.25, 0.3) is 0 Å². The highest BCUT2D eigenvalue weighted by molar-refractivity contribution is 5.90. The van der Waals surface area contributed by atoms with E-state index in [-0.39, 0.29) is 11.7 Å². The third kappa shape index (κ3) is 2.89. The fourth-order valence-corrected chi connectivity index (χ4v) is 2.67. The Morgan fingerprint density at radius 1 is 1.39 bits per heavy atom. The maximum atomic E-state index is 12.0. The van der Waals surface area contributed by atoms with Gasteiger partial charge in [-0.25, -0.2) is 4.98 Å². The summed E-state index contributed by atoms with van der Waals surface area (Å²) >= 11 is 0. The zero-order valence-electron chi connectivity index (χ0n) is 11.2. The number of hydrogen-bond donors (Lipinski definition) is 2. The molecule has 100 valence electrons. The van der Waals surface area contributed by atoms with Crippen LogP contribution in [0.2, 0.25) is 0 Å². The van der Waals surface area contributed by atoms with Gasteiger partial charge in [0.15, 0.2) is 0 Å². The van der Waals surface area contributed by atoms with E-state index < -0.39 is 0 Å². The van der Waals surface area contributed by atoms with Crippen molar-refractivity contribution in [2.45, 2.75) is 58.4 Å². The van der Waals surface area contributed by atoms with Gasteiger partial charge in [-0.15, -0.1) is 5.10 Å². The third-order valence-electron chi connectivity index (χ3n) is 3.82. The number of aryl methyl sites for hydroxylation is 1. The first-order valence-corrected chi connectivity index (χ1v) is 6.96. The molecule has 1 aliphatic rings. The number of H-pyrrole nitrogens is 1. The minimum atomic E-state index is -0.142. The Morgan fingerprint density at radius 2 is 2.17 bits per heavy atom. The van der Waals surface area contributed by atoms with Gasteiger partial charge in [0.25, 0.3) is 5.91 Å². The second-order valence-corrected chi connectivity index (χ2v) is 4.99. The SMILES string of the molecule is CCc1nc(C(=O)NC2CCCCC2CC)n[nH]1. The number of aromatic amines is 1. The summed E-state index contributed by atoms with van der Waals surface area (Å²) in [5.74, 6) is 1.49. The van der Waals surface area contributed by atoms with Crippen LogP contribution in [-0.2, 0) is 6.42 Å². The van der Waals surface area contributed by atoms with Crippen molar-refractivity contribution in [1.29, 1.82) is 0 Å². The fraction of sp³-hybridized carbons (Fsp3) is 0.769. The first-order valence-electron chi connectivity index (χ1n) is 6.96. The predicted molar refractivity (Wildman–Crippen MR) is 69.3 cm³/mol. The zero-order chi connectivity index (χ0) is 13.0. The highest BCUT2D eigenvalue weighted by Crippen LogP contribution is 2.26. The van der Waals surface area contributed by atoms with Crippen LogP contribution in [0.15, 0.2) is 0 Å². The predicted octanol–water partition coefficient (Wildman–Crippen LogP) is 2.07. The largest absolute Gasteiger partial charge is 0.346 e. The van der Waals surface area contributed by atoms with Crippen molar-refractivity contribution in [2.24, 2.45) is 5.92 Å². The monoisotopic (exact) mass is 250 g/mol. The van der Waals surface area contributed by atoms with E-state index in [9.17, 15) is 4.79 Å². The molecule has 2 unspecified atom stereocenters. The van der Waals surface area contributed by atoms with E-state index in [2.05, 4.69) is 27.4 Å². The molecule has 2 rings (SSSR count). The average Bonchev–Trinajstić information content (AvgIpc) is 2.88. The zero-order valence-corrected chi connectivity index (χ0v) is 11.2. The molecule has 0 bridgehead atoms. The number of hydrogen-bond acceptors (Lipinski definition) is 3. The number of nitrogens with zero attached hydrogens (tertiary/aromatic N) is 2. The Balaban J connectivity index is 1.97. The molecular formula is C13H22N4O. The molecule has 1 heterocycles. The smallest absolute Gasteiger partial charge is 0.291 e. The Bertz CT molecular complexity index is 401. The summed E-state index contributed by atoms with van der Waals surface area (Å²) in [7, 11) is 0. The van der Waals surface area contributed by atoms with Gasteiger partial charge in [-0.05, 0) is 18.8 Å². The second kappa shape index (κ2) is 5.98. The third-order valence-corrected chi connectivity index (χ3v) is 3.82. The van der Waals surface area contributed by atoms with Crippen LogP contribution in [0.5, 0.6) is 0 Å². The summed E-state index contributed by atoms with van der Waals surface area (Å²) in [4.78, 5) is 16.2. The molecule has 5 heteroatoms. The quantitative estimate of drug-likeness (QED) is 0.859. The van der Waals surface area contributed by atoms with E-state index in [1.54, 1.807) is 0 Å². The molecule has 1 amide bonds. The highest BCUT2D eigenvalue weighted by Gasteiger charge is 2.26. The lowest BCUT2D eigenvalue weighted by Crippen LogP contribution is -2.42. The molecule has 0 aliphatic heterocycles. The molecular weight excluding hydrogens is 228 g/mol. The minimum absolute atomic E-state index is 0.142. The van der Waals surface area contributed by atoms with Crippen LogP contribution in [-0.4, -0.2) is 27.1 Å². The molecule has 0 aromatic carbocycles. The van der Waals surface area contributed by atoms with Crippen molar-refractivity contribution in [3.8, 4) is 0 Å². The van der Waals surface area contributed by atoms with Crippen molar-refractivity contribution < 1.29 is 4.79 Å². The summed E-state index contributed by atoms with van der Waals surface area (Å²) in [6, 6.07) is 0.292. The molecule has 18 heavy (non-hydrogen) atoms. The van der Waals surface area contributed by atoms with Gasteiger partial charge in [0.2, 0.25) is 5.82 Å². The molecule has 0 radical (unpaired) electrons. The topological polar surface area (TPSA) is 70.7 Å². The van der Waals surface area contributed by atoms with Crippen molar-refractivity contribution >= 4 is 5.91 Å². The van der Waals surface area contributed by atoms with E-state index in [1.165, 1.54) is 19.3 Å². The number of aromatic nitrogens is 3. The number of carbonyl (C=O) groups is 1. The van der Waals surface area contributed by atoms with Crippen LogP contribution in [0.4, 0.5) is 0 Å². The molecule has 1 saturated carbocycles. The fourth-order valence-electron chi connectivity index (χ4n) is 2.67. The standard InChI is InChI=1S/C13H22N4O/c1-3-9-7-5-6-8-10(9)14-13(18)12-15-11(4-2)16-17-12/h9-10H,3-8H2,1-2H3,(H,14,18)(H,15,16,17). The molecule has 2 atom stereocenters. The number of nitrogens with one attached hydrogen (secondary N) is 2.